The molecule has 0 aliphatic heterocycles. The van der Waals surface area contributed by atoms with Crippen molar-refractivity contribution in [3.63, 3.8) is 0 Å². The molecule has 0 bridgehead atoms. The number of hydrogen-bond donors (Lipinski definition) is 0. The second-order valence-corrected chi connectivity index (χ2v) is 17.8. The van der Waals surface area contributed by atoms with E-state index in [9.17, 15) is 0 Å². The molecular formula is C64H36O. The highest BCUT2D eigenvalue weighted by atomic mass is 16.3. The predicted molar refractivity (Wildman–Crippen MR) is 278 cm³/mol. The maximum atomic E-state index is 7.37. The molecule has 0 unspecified atom stereocenters. The summed E-state index contributed by atoms with van der Waals surface area (Å²) in [6.07, 6.45) is 0. The molecular weight excluding hydrogens is 785 g/mol. The summed E-state index contributed by atoms with van der Waals surface area (Å²) < 4.78 is 7.37. The van der Waals surface area contributed by atoms with Gasteiger partial charge < -0.3 is 4.42 Å². The van der Waals surface area contributed by atoms with Crippen LogP contribution in [0.5, 0.6) is 0 Å². The maximum absolute atomic E-state index is 7.37. The van der Waals surface area contributed by atoms with Gasteiger partial charge in [-0.15, -0.1) is 0 Å². The Morgan fingerprint density at radius 2 is 0.615 bits per heavy atom. The lowest BCUT2D eigenvalue weighted by atomic mass is 9.82. The van der Waals surface area contributed by atoms with E-state index in [-0.39, 0.29) is 0 Å². The minimum atomic E-state index is 0.895. The predicted octanol–water partition coefficient (Wildman–Crippen LogP) is 18.4. The van der Waals surface area contributed by atoms with Crippen molar-refractivity contribution in [3.05, 3.63) is 218 Å². The average Bonchev–Trinajstić information content (AvgIpc) is 3.73. The van der Waals surface area contributed by atoms with Crippen molar-refractivity contribution < 1.29 is 4.42 Å². The Balaban J connectivity index is 1.09. The number of fused-ring (bicyclic) bond motifs is 5. The summed E-state index contributed by atoms with van der Waals surface area (Å²) in [6.45, 7) is 0. The van der Waals surface area contributed by atoms with Gasteiger partial charge >= 0.3 is 0 Å². The Hall–Kier alpha value is -8.52. The first-order valence-corrected chi connectivity index (χ1v) is 22.6. The Kier molecular flexibility index (Phi) is 7.01. The zero-order valence-electron chi connectivity index (χ0n) is 35.2. The fourth-order valence-electron chi connectivity index (χ4n) is 11.7. The molecule has 0 saturated heterocycles. The standard InChI is InChI=1S/C64H36O/c1-3-11-37(12-4-1)45-27-19-39-23-31-51-53(33-25-41-21-29-49(45)57(39)59(41)51)61-47-17-9-10-18-48(47)62(64-63(61)55-35-43-15-7-8-16-44(43)36-56(55)65-64)54-34-26-42-22-30-50-46(38-13-5-2-6-14-38)28-20-40-24-32-52(54)60(42)58(40)50/h1-36H. The largest absolute Gasteiger partial charge is 0.455 e. The fraction of sp³-hybridized carbons (Fsp3) is 0. The molecule has 0 fully saturated rings. The van der Waals surface area contributed by atoms with Crippen LogP contribution in [0.4, 0.5) is 0 Å². The number of benzene rings is 14. The summed E-state index contributed by atoms with van der Waals surface area (Å²) in [4.78, 5) is 0. The minimum Gasteiger partial charge on any atom is -0.455 e. The van der Waals surface area contributed by atoms with E-state index in [1.54, 1.807) is 0 Å². The second-order valence-electron chi connectivity index (χ2n) is 17.8. The smallest absolute Gasteiger partial charge is 0.144 e. The van der Waals surface area contributed by atoms with Crippen molar-refractivity contribution in [2.45, 2.75) is 0 Å². The lowest BCUT2D eigenvalue weighted by Gasteiger charge is -2.20. The molecule has 0 spiro atoms. The second kappa shape index (κ2) is 13.0. The van der Waals surface area contributed by atoms with Crippen molar-refractivity contribution in [2.75, 3.05) is 0 Å². The van der Waals surface area contributed by atoms with Gasteiger partial charge in [-0.25, -0.2) is 0 Å². The van der Waals surface area contributed by atoms with Crippen LogP contribution >= 0.6 is 0 Å². The van der Waals surface area contributed by atoms with Crippen molar-refractivity contribution in [2.24, 2.45) is 0 Å². The third-order valence-corrected chi connectivity index (χ3v) is 14.5. The van der Waals surface area contributed by atoms with Crippen LogP contribution in [0.15, 0.2) is 223 Å². The van der Waals surface area contributed by atoms with Crippen molar-refractivity contribution in [1.82, 2.24) is 0 Å². The van der Waals surface area contributed by atoms with E-state index in [4.69, 9.17) is 4.42 Å². The Morgan fingerprint density at radius 3 is 1.12 bits per heavy atom. The molecule has 0 atom stereocenters. The molecule has 65 heavy (non-hydrogen) atoms. The summed E-state index contributed by atoms with van der Waals surface area (Å²) >= 11 is 0. The van der Waals surface area contributed by atoms with Gasteiger partial charge in [0.1, 0.15) is 11.2 Å². The van der Waals surface area contributed by atoms with Crippen LogP contribution in [-0.4, -0.2) is 0 Å². The van der Waals surface area contributed by atoms with E-state index in [1.165, 1.54) is 125 Å². The van der Waals surface area contributed by atoms with Gasteiger partial charge in [-0.1, -0.05) is 206 Å². The van der Waals surface area contributed by atoms with Gasteiger partial charge in [0.2, 0.25) is 0 Å². The molecule has 0 N–H and O–H groups in total. The van der Waals surface area contributed by atoms with Crippen LogP contribution in [0.2, 0.25) is 0 Å². The molecule has 0 saturated carbocycles. The van der Waals surface area contributed by atoms with E-state index < -0.39 is 0 Å². The topological polar surface area (TPSA) is 13.1 Å². The van der Waals surface area contributed by atoms with Gasteiger partial charge in [-0.2, -0.15) is 0 Å². The van der Waals surface area contributed by atoms with Gasteiger partial charge in [0.15, 0.2) is 0 Å². The lowest BCUT2D eigenvalue weighted by molar-refractivity contribution is 0.671. The molecule has 298 valence electrons. The minimum absolute atomic E-state index is 0.895. The lowest BCUT2D eigenvalue weighted by Crippen LogP contribution is -1.93. The highest BCUT2D eigenvalue weighted by Crippen LogP contribution is 2.53. The van der Waals surface area contributed by atoms with Crippen LogP contribution in [0.25, 0.3) is 153 Å². The quantitative estimate of drug-likeness (QED) is 0.161. The van der Waals surface area contributed by atoms with Gasteiger partial charge in [-0.05, 0) is 132 Å². The van der Waals surface area contributed by atoms with Gasteiger partial charge in [0, 0.05) is 21.9 Å². The molecule has 14 aromatic carbocycles. The van der Waals surface area contributed by atoms with Crippen LogP contribution in [0, 0.1) is 0 Å². The summed E-state index contributed by atoms with van der Waals surface area (Å²) in [5.41, 5.74) is 11.5. The Morgan fingerprint density at radius 1 is 0.231 bits per heavy atom. The molecule has 1 heteroatoms. The van der Waals surface area contributed by atoms with E-state index in [1.807, 2.05) is 0 Å². The number of furan rings is 1. The highest BCUT2D eigenvalue weighted by molar-refractivity contribution is 6.35. The van der Waals surface area contributed by atoms with Crippen molar-refractivity contribution >= 4 is 108 Å². The van der Waals surface area contributed by atoms with Crippen LogP contribution in [-0.2, 0) is 0 Å². The molecule has 0 radical (unpaired) electrons. The summed E-state index contributed by atoms with van der Waals surface area (Å²) in [5.74, 6) is 0. The summed E-state index contributed by atoms with van der Waals surface area (Å²) in [6, 6.07) is 81.0. The van der Waals surface area contributed by atoms with E-state index in [2.05, 4.69) is 218 Å². The molecule has 0 amide bonds. The normalized spacial score (nSPS) is 12.3. The highest BCUT2D eigenvalue weighted by Gasteiger charge is 2.26. The van der Waals surface area contributed by atoms with Gasteiger partial charge in [0.05, 0.1) is 0 Å². The fourth-order valence-corrected chi connectivity index (χ4v) is 11.7. The first-order valence-electron chi connectivity index (χ1n) is 22.6. The SMILES string of the molecule is c1ccc(-c2ccc3ccc4c(-c5c6ccccc6c(-c6ccc7ccc8c(-c9ccccc9)ccc9ccc6c7c98)c6c5oc5cc7ccccc7cc56)ccc5ccc2c3c54)cc1. The van der Waals surface area contributed by atoms with Crippen molar-refractivity contribution in [1.29, 1.82) is 0 Å². The molecule has 1 heterocycles. The molecule has 1 aromatic heterocycles. The van der Waals surface area contributed by atoms with E-state index in [0.29, 0.717) is 0 Å². The van der Waals surface area contributed by atoms with E-state index in [0.717, 1.165) is 27.5 Å². The molecule has 15 rings (SSSR count). The van der Waals surface area contributed by atoms with Gasteiger partial charge in [-0.3, -0.25) is 0 Å². The Labute approximate surface area is 373 Å². The Bertz CT molecular complexity index is 4440. The molecule has 1 nitrogen and oxygen atoms in total. The molecule has 0 aliphatic rings. The van der Waals surface area contributed by atoms with Crippen molar-refractivity contribution in [3.8, 4) is 44.5 Å². The first-order chi connectivity index (χ1) is 32.2. The zero-order chi connectivity index (χ0) is 42.3. The van der Waals surface area contributed by atoms with E-state index >= 15 is 0 Å². The monoisotopic (exact) mass is 820 g/mol. The maximum Gasteiger partial charge on any atom is 0.144 e. The van der Waals surface area contributed by atoms with Crippen LogP contribution in [0.3, 0.4) is 0 Å². The molecule has 0 aliphatic carbocycles. The third kappa shape index (κ3) is 4.82. The number of hydrogen-bond acceptors (Lipinski definition) is 1. The number of rotatable bonds is 4. The zero-order valence-corrected chi connectivity index (χ0v) is 35.2. The average molecular weight is 821 g/mol. The molecule has 15 aromatic rings. The summed E-state index contributed by atoms with van der Waals surface area (Å²) in [5, 5.41) is 22.3. The summed E-state index contributed by atoms with van der Waals surface area (Å²) in [7, 11) is 0. The van der Waals surface area contributed by atoms with Gasteiger partial charge in [0.25, 0.3) is 0 Å². The van der Waals surface area contributed by atoms with Crippen LogP contribution in [0.1, 0.15) is 0 Å². The van der Waals surface area contributed by atoms with Crippen LogP contribution < -0.4 is 0 Å². The third-order valence-electron chi connectivity index (χ3n) is 14.5. The first kappa shape index (κ1) is 35.0.